The zero-order valence-corrected chi connectivity index (χ0v) is 21.3. The van der Waals surface area contributed by atoms with Gasteiger partial charge in [0, 0.05) is 33.0 Å². The quantitative estimate of drug-likeness (QED) is 0.214. The molecule has 2 heterocycles. The lowest BCUT2D eigenvalue weighted by Gasteiger charge is -2.32. The van der Waals surface area contributed by atoms with Crippen LogP contribution in [0.25, 0.3) is 27.5 Å². The van der Waals surface area contributed by atoms with E-state index in [2.05, 4.69) is 0 Å². The van der Waals surface area contributed by atoms with Crippen LogP contribution in [0.15, 0.2) is 91.0 Å². The van der Waals surface area contributed by atoms with Crippen molar-refractivity contribution in [3.8, 4) is 5.69 Å². The van der Waals surface area contributed by atoms with Gasteiger partial charge in [-0.15, -0.1) is 0 Å². The Morgan fingerprint density at radius 1 is 0.757 bits per heavy atom. The van der Waals surface area contributed by atoms with E-state index in [1.165, 1.54) is 6.07 Å². The van der Waals surface area contributed by atoms with Crippen LogP contribution in [-0.2, 0) is 9.31 Å². The number of halogens is 1. The Morgan fingerprint density at radius 3 is 2.11 bits per heavy atom. The third-order valence-electron chi connectivity index (χ3n) is 7.74. The molecule has 5 aromatic rings. The van der Waals surface area contributed by atoms with Crippen LogP contribution < -0.4 is 5.46 Å². The number of benzene rings is 4. The highest BCUT2D eigenvalue weighted by Gasteiger charge is 2.53. The summed E-state index contributed by atoms with van der Waals surface area (Å²) in [6.45, 7) is 7.92. The molecule has 4 nitrogen and oxygen atoms in total. The topological polar surface area (TPSA) is 40.5 Å². The fourth-order valence-electron chi connectivity index (χ4n) is 5.13. The van der Waals surface area contributed by atoms with Crippen LogP contribution in [0.5, 0.6) is 0 Å². The minimum absolute atomic E-state index is 0.145. The van der Waals surface area contributed by atoms with Crippen LogP contribution in [0, 0.1) is 5.82 Å². The van der Waals surface area contributed by atoms with Crippen molar-refractivity contribution in [2.24, 2.45) is 0 Å². The minimum atomic E-state index is -0.827. The van der Waals surface area contributed by atoms with Gasteiger partial charge in [-0.05, 0) is 45.9 Å². The molecule has 6 rings (SSSR count). The number of rotatable bonds is 4. The first-order chi connectivity index (χ1) is 17.7. The number of carbonyl (C=O) groups is 1. The maximum atomic E-state index is 15.5. The Kier molecular flexibility index (Phi) is 5.37. The van der Waals surface area contributed by atoms with Crippen LogP contribution in [-0.4, -0.2) is 28.7 Å². The van der Waals surface area contributed by atoms with Crippen molar-refractivity contribution < 1.29 is 18.5 Å². The van der Waals surface area contributed by atoms with Crippen molar-refractivity contribution in [3.63, 3.8) is 0 Å². The van der Waals surface area contributed by atoms with Gasteiger partial charge >= 0.3 is 7.12 Å². The molecule has 1 saturated heterocycles. The Morgan fingerprint density at radius 2 is 1.38 bits per heavy atom. The average molecular weight is 491 g/mol. The summed E-state index contributed by atoms with van der Waals surface area (Å²) in [5.41, 5.74) is 2.30. The van der Waals surface area contributed by atoms with E-state index in [1.807, 2.05) is 92.9 Å². The highest BCUT2D eigenvalue weighted by Crippen LogP contribution is 2.39. The van der Waals surface area contributed by atoms with Crippen LogP contribution in [0.4, 0.5) is 4.39 Å². The molecule has 0 atom stereocenters. The molecule has 0 aliphatic carbocycles. The summed E-state index contributed by atoms with van der Waals surface area (Å²) < 4.78 is 30.4. The van der Waals surface area contributed by atoms with Gasteiger partial charge in [0.1, 0.15) is 5.82 Å². The van der Waals surface area contributed by atoms with E-state index < -0.39 is 18.3 Å². The molecule has 4 aromatic carbocycles. The van der Waals surface area contributed by atoms with E-state index in [4.69, 9.17) is 9.31 Å². The summed E-state index contributed by atoms with van der Waals surface area (Å²) in [6, 6.07) is 27.6. The first-order valence-corrected chi connectivity index (χ1v) is 12.5. The Hall–Kier alpha value is -3.74. The van der Waals surface area contributed by atoms with Crippen LogP contribution >= 0.6 is 0 Å². The van der Waals surface area contributed by atoms with Gasteiger partial charge in [0.05, 0.1) is 22.2 Å². The molecule has 1 fully saturated rings. The lowest BCUT2D eigenvalue weighted by molar-refractivity contribution is 0.00578. The van der Waals surface area contributed by atoms with E-state index in [1.54, 1.807) is 24.3 Å². The van der Waals surface area contributed by atoms with Crippen LogP contribution in [0.3, 0.4) is 0 Å². The SMILES string of the molecule is CC1(C)OB(c2c(C(=O)c3ccccc3)cccc2-n2c3ccccc3c3cccc(F)c32)OC1(C)C. The normalized spacial score (nSPS) is 16.5. The third-order valence-corrected chi connectivity index (χ3v) is 7.74. The van der Waals surface area contributed by atoms with Crippen molar-refractivity contribution in [2.75, 3.05) is 0 Å². The zero-order valence-electron chi connectivity index (χ0n) is 21.3. The lowest BCUT2D eigenvalue weighted by Crippen LogP contribution is -2.41. The molecule has 0 unspecified atom stereocenters. The van der Waals surface area contributed by atoms with Crippen molar-refractivity contribution >= 4 is 40.2 Å². The Bertz CT molecular complexity index is 1660. The molecule has 0 radical (unpaired) electrons. The van der Waals surface area contributed by atoms with E-state index in [0.29, 0.717) is 27.8 Å². The number of aromatic nitrogens is 1. The number of ketones is 1. The smallest absolute Gasteiger partial charge is 0.399 e. The number of fused-ring (bicyclic) bond motifs is 3. The second-order valence-electron chi connectivity index (χ2n) is 10.5. The fourth-order valence-corrected chi connectivity index (χ4v) is 5.13. The zero-order chi connectivity index (χ0) is 25.9. The molecule has 0 spiro atoms. The molecule has 184 valence electrons. The molecular formula is C31H27BFNO3. The van der Waals surface area contributed by atoms with Crippen molar-refractivity contribution in [1.29, 1.82) is 0 Å². The van der Waals surface area contributed by atoms with E-state index in [-0.39, 0.29) is 11.6 Å². The average Bonchev–Trinajstić information content (AvgIpc) is 3.34. The lowest BCUT2D eigenvalue weighted by atomic mass is 9.73. The predicted molar refractivity (Wildman–Crippen MR) is 146 cm³/mol. The number of hydrogen-bond acceptors (Lipinski definition) is 3. The van der Waals surface area contributed by atoms with E-state index in [9.17, 15) is 4.79 Å². The molecule has 1 aliphatic rings. The Labute approximate surface area is 215 Å². The largest absolute Gasteiger partial charge is 0.497 e. The molecule has 0 bridgehead atoms. The third kappa shape index (κ3) is 3.63. The van der Waals surface area contributed by atoms with Gasteiger partial charge in [-0.3, -0.25) is 4.79 Å². The number of para-hydroxylation sites is 2. The summed E-state index contributed by atoms with van der Waals surface area (Å²) >= 11 is 0. The second-order valence-corrected chi connectivity index (χ2v) is 10.5. The summed E-state index contributed by atoms with van der Waals surface area (Å²) in [5.74, 6) is -0.484. The van der Waals surface area contributed by atoms with Gasteiger partial charge in [-0.25, -0.2) is 4.39 Å². The molecule has 1 aromatic heterocycles. The second kappa shape index (κ2) is 8.40. The maximum Gasteiger partial charge on any atom is 0.497 e. The molecule has 0 N–H and O–H groups in total. The minimum Gasteiger partial charge on any atom is -0.399 e. The number of hydrogen-bond donors (Lipinski definition) is 0. The van der Waals surface area contributed by atoms with Crippen LogP contribution in [0.1, 0.15) is 43.6 Å². The van der Waals surface area contributed by atoms with Crippen molar-refractivity contribution in [3.05, 3.63) is 108 Å². The predicted octanol–water partition coefficient (Wildman–Crippen LogP) is 6.45. The molecular weight excluding hydrogens is 464 g/mol. The van der Waals surface area contributed by atoms with E-state index >= 15 is 4.39 Å². The summed E-state index contributed by atoms with van der Waals surface area (Å²) in [4.78, 5) is 13.9. The summed E-state index contributed by atoms with van der Waals surface area (Å²) in [6.07, 6.45) is 0. The van der Waals surface area contributed by atoms with Gasteiger partial charge in [0.25, 0.3) is 0 Å². The molecule has 6 heteroatoms. The van der Waals surface area contributed by atoms with Crippen LogP contribution in [0.2, 0.25) is 0 Å². The molecule has 0 saturated carbocycles. The summed E-state index contributed by atoms with van der Waals surface area (Å²) in [5, 5.41) is 1.73. The molecule has 1 aliphatic heterocycles. The van der Waals surface area contributed by atoms with E-state index in [0.717, 1.165) is 16.3 Å². The first kappa shape index (κ1) is 23.7. The number of nitrogens with zero attached hydrogens (tertiary/aromatic N) is 1. The highest BCUT2D eigenvalue weighted by atomic mass is 19.1. The molecule has 37 heavy (non-hydrogen) atoms. The Balaban J connectivity index is 1.69. The van der Waals surface area contributed by atoms with Gasteiger partial charge in [0.2, 0.25) is 0 Å². The van der Waals surface area contributed by atoms with Gasteiger partial charge in [-0.1, -0.05) is 72.8 Å². The van der Waals surface area contributed by atoms with Gasteiger partial charge < -0.3 is 13.9 Å². The monoisotopic (exact) mass is 491 g/mol. The standard InChI is InChI=1S/C31H27BFNO3/c1-30(2)31(3,4)37-32(36-30)27-23(29(35)20-12-6-5-7-13-20)16-11-19-26(27)34-25-18-9-8-14-21(25)22-15-10-17-24(33)28(22)34/h5-19H,1-4H3. The highest BCUT2D eigenvalue weighted by molar-refractivity contribution is 6.65. The fraction of sp³-hybridized carbons (Fsp3) is 0.194. The first-order valence-electron chi connectivity index (χ1n) is 12.5. The van der Waals surface area contributed by atoms with Crippen molar-refractivity contribution in [1.82, 2.24) is 4.57 Å². The molecule has 0 amide bonds. The van der Waals surface area contributed by atoms with Gasteiger partial charge in [-0.2, -0.15) is 0 Å². The van der Waals surface area contributed by atoms with Gasteiger partial charge in [0.15, 0.2) is 5.78 Å². The number of carbonyl (C=O) groups excluding carboxylic acids is 1. The summed E-state index contributed by atoms with van der Waals surface area (Å²) in [7, 11) is -0.827. The van der Waals surface area contributed by atoms with Crippen molar-refractivity contribution in [2.45, 2.75) is 38.9 Å². The maximum absolute atomic E-state index is 15.5.